The van der Waals surface area contributed by atoms with Gasteiger partial charge in [0.05, 0.1) is 38.6 Å². The fourth-order valence-electron chi connectivity index (χ4n) is 4.41. The molecule has 6 nitrogen and oxygen atoms in total. The minimum Gasteiger partial charge on any atom is -0.494 e. The number of carbonyl (C=O) groups is 2. The van der Waals surface area contributed by atoms with Crippen molar-refractivity contribution in [1.82, 2.24) is 0 Å². The molecule has 0 bridgehead atoms. The summed E-state index contributed by atoms with van der Waals surface area (Å²) in [6.07, 6.45) is 6.66. The molecule has 0 heterocycles. The van der Waals surface area contributed by atoms with Gasteiger partial charge in [-0.3, -0.25) is 0 Å². The zero-order chi connectivity index (χ0) is 26.7. The maximum Gasteiger partial charge on any atom is 0.337 e. The van der Waals surface area contributed by atoms with Crippen molar-refractivity contribution in [2.24, 2.45) is 0 Å². The highest BCUT2D eigenvalue weighted by atomic mass is 16.5. The number of rotatable bonds is 13. The van der Waals surface area contributed by atoms with E-state index in [1.165, 1.54) is 27.1 Å². The first-order valence-electron chi connectivity index (χ1n) is 13.1. The number of benzene rings is 4. The van der Waals surface area contributed by atoms with Crippen LogP contribution in [0.1, 0.15) is 59.2 Å². The van der Waals surface area contributed by atoms with Crippen molar-refractivity contribution in [2.75, 3.05) is 27.4 Å². The Morgan fingerprint density at radius 2 is 0.868 bits per heavy atom. The molecule has 0 atom stereocenters. The van der Waals surface area contributed by atoms with Crippen molar-refractivity contribution < 1.29 is 28.5 Å². The van der Waals surface area contributed by atoms with E-state index in [9.17, 15) is 9.59 Å². The third kappa shape index (κ3) is 7.25. The van der Waals surface area contributed by atoms with Crippen LogP contribution in [0.5, 0.6) is 11.5 Å². The Labute approximate surface area is 223 Å². The summed E-state index contributed by atoms with van der Waals surface area (Å²) in [5, 5.41) is 4.04. The molecule has 0 fully saturated rings. The molecule has 0 aliphatic heterocycles. The topological polar surface area (TPSA) is 71.1 Å². The first-order valence-corrected chi connectivity index (χ1v) is 13.1. The second-order valence-electron chi connectivity index (χ2n) is 9.25. The van der Waals surface area contributed by atoms with Gasteiger partial charge < -0.3 is 18.9 Å². The van der Waals surface area contributed by atoms with E-state index in [0.29, 0.717) is 24.3 Å². The van der Waals surface area contributed by atoms with Crippen molar-refractivity contribution in [3.8, 4) is 11.5 Å². The Morgan fingerprint density at radius 3 is 1.29 bits per heavy atom. The summed E-state index contributed by atoms with van der Waals surface area (Å²) >= 11 is 0. The van der Waals surface area contributed by atoms with Gasteiger partial charge in [-0.2, -0.15) is 0 Å². The van der Waals surface area contributed by atoms with E-state index < -0.39 is 0 Å². The summed E-state index contributed by atoms with van der Waals surface area (Å²) in [6.45, 7) is 1.38. The first-order chi connectivity index (χ1) is 18.6. The second kappa shape index (κ2) is 13.5. The van der Waals surface area contributed by atoms with Crippen LogP contribution in [0.3, 0.4) is 0 Å². The minimum atomic E-state index is -0.331. The van der Waals surface area contributed by atoms with Gasteiger partial charge in [0.25, 0.3) is 0 Å². The van der Waals surface area contributed by atoms with Crippen LogP contribution in [0.4, 0.5) is 0 Å². The molecular weight excluding hydrogens is 480 g/mol. The molecule has 0 amide bonds. The number of methoxy groups -OCH3 is 2. The third-order valence-electron chi connectivity index (χ3n) is 6.54. The van der Waals surface area contributed by atoms with Gasteiger partial charge in [-0.05, 0) is 82.9 Å². The Bertz CT molecular complexity index is 1290. The minimum absolute atomic E-state index is 0.331. The van der Waals surface area contributed by atoms with Crippen LogP contribution >= 0.6 is 0 Å². The maximum absolute atomic E-state index is 11.7. The quantitative estimate of drug-likeness (QED) is 0.137. The van der Waals surface area contributed by atoms with Gasteiger partial charge in [0.1, 0.15) is 11.5 Å². The molecule has 4 aromatic carbocycles. The van der Waals surface area contributed by atoms with Gasteiger partial charge in [-0.1, -0.05) is 49.9 Å². The van der Waals surface area contributed by atoms with E-state index in [1.807, 2.05) is 60.7 Å². The predicted octanol–water partition coefficient (Wildman–Crippen LogP) is 7.36. The molecule has 0 spiro atoms. The van der Waals surface area contributed by atoms with Gasteiger partial charge in [0, 0.05) is 0 Å². The molecule has 6 heteroatoms. The highest BCUT2D eigenvalue weighted by Crippen LogP contribution is 2.24. The summed E-state index contributed by atoms with van der Waals surface area (Å²) in [4.78, 5) is 23.4. The van der Waals surface area contributed by atoms with Crippen LogP contribution in [0.15, 0.2) is 72.8 Å². The molecule has 38 heavy (non-hydrogen) atoms. The second-order valence-corrected chi connectivity index (χ2v) is 9.25. The lowest BCUT2D eigenvalue weighted by molar-refractivity contribution is 0.0592. The Balaban J connectivity index is 1.08. The monoisotopic (exact) mass is 514 g/mol. The number of ether oxygens (including phenoxy) is 4. The number of fused-ring (bicyclic) bond motifs is 2. The fraction of sp³-hybridized carbons (Fsp3) is 0.312. The van der Waals surface area contributed by atoms with E-state index in [2.05, 4.69) is 0 Å². The normalized spacial score (nSPS) is 10.9. The number of hydrogen-bond acceptors (Lipinski definition) is 6. The fourth-order valence-corrected chi connectivity index (χ4v) is 4.41. The number of hydrogen-bond donors (Lipinski definition) is 0. The smallest absolute Gasteiger partial charge is 0.337 e. The SMILES string of the molecule is COC(=O)c1ccc2cc(OCCCCCCCCOc3ccc4cc(C(=O)OC)ccc4c3)ccc2c1. The molecular formula is C32H34O6. The van der Waals surface area contributed by atoms with Gasteiger partial charge in [0.15, 0.2) is 0 Å². The lowest BCUT2D eigenvalue weighted by Gasteiger charge is -2.09. The van der Waals surface area contributed by atoms with Crippen molar-refractivity contribution in [2.45, 2.75) is 38.5 Å². The molecule has 0 saturated heterocycles. The average molecular weight is 515 g/mol. The lowest BCUT2D eigenvalue weighted by atomic mass is 10.1. The van der Waals surface area contributed by atoms with Crippen LogP contribution in [0.2, 0.25) is 0 Å². The molecule has 0 aromatic heterocycles. The predicted molar refractivity (Wildman–Crippen MR) is 149 cm³/mol. The summed E-state index contributed by atoms with van der Waals surface area (Å²) in [5.41, 5.74) is 1.09. The largest absolute Gasteiger partial charge is 0.494 e. The van der Waals surface area contributed by atoms with E-state index >= 15 is 0 Å². The Morgan fingerprint density at radius 1 is 0.500 bits per heavy atom. The number of carbonyl (C=O) groups excluding carboxylic acids is 2. The molecule has 0 aliphatic carbocycles. The first kappa shape index (κ1) is 27.0. The zero-order valence-electron chi connectivity index (χ0n) is 22.0. The third-order valence-corrected chi connectivity index (χ3v) is 6.54. The van der Waals surface area contributed by atoms with E-state index in [1.54, 1.807) is 12.1 Å². The molecule has 0 unspecified atom stereocenters. The summed E-state index contributed by atoms with van der Waals surface area (Å²) in [7, 11) is 2.77. The van der Waals surface area contributed by atoms with Crippen molar-refractivity contribution in [3.05, 3.63) is 83.9 Å². The summed E-state index contributed by atoms with van der Waals surface area (Å²) in [5.74, 6) is 1.03. The van der Waals surface area contributed by atoms with E-state index in [-0.39, 0.29) is 11.9 Å². The van der Waals surface area contributed by atoms with Crippen LogP contribution < -0.4 is 9.47 Å². The molecule has 4 aromatic rings. The maximum atomic E-state index is 11.7. The van der Waals surface area contributed by atoms with Crippen molar-refractivity contribution in [3.63, 3.8) is 0 Å². The molecule has 0 aliphatic rings. The van der Waals surface area contributed by atoms with Crippen LogP contribution in [-0.2, 0) is 9.47 Å². The zero-order valence-corrected chi connectivity index (χ0v) is 22.0. The molecule has 0 saturated carbocycles. The molecule has 0 radical (unpaired) electrons. The highest BCUT2D eigenvalue weighted by Gasteiger charge is 2.08. The number of esters is 2. The molecule has 4 rings (SSSR count). The Hall–Kier alpha value is -4.06. The highest BCUT2D eigenvalue weighted by molar-refractivity contribution is 5.96. The van der Waals surface area contributed by atoms with Gasteiger partial charge >= 0.3 is 11.9 Å². The van der Waals surface area contributed by atoms with Gasteiger partial charge in [-0.15, -0.1) is 0 Å². The van der Waals surface area contributed by atoms with Crippen LogP contribution in [-0.4, -0.2) is 39.4 Å². The van der Waals surface area contributed by atoms with Crippen molar-refractivity contribution in [1.29, 1.82) is 0 Å². The van der Waals surface area contributed by atoms with E-state index in [4.69, 9.17) is 18.9 Å². The van der Waals surface area contributed by atoms with Gasteiger partial charge in [-0.25, -0.2) is 9.59 Å². The summed E-state index contributed by atoms with van der Waals surface area (Å²) < 4.78 is 21.4. The van der Waals surface area contributed by atoms with Crippen LogP contribution in [0.25, 0.3) is 21.5 Å². The Kier molecular flexibility index (Phi) is 9.57. The van der Waals surface area contributed by atoms with Gasteiger partial charge in [0.2, 0.25) is 0 Å². The van der Waals surface area contributed by atoms with Crippen LogP contribution in [0, 0.1) is 0 Å². The molecule has 198 valence electrons. The summed E-state index contributed by atoms with van der Waals surface area (Å²) in [6, 6.07) is 22.9. The lowest BCUT2D eigenvalue weighted by Crippen LogP contribution is -2.01. The standard InChI is InChI=1S/C32H34O6/c1-35-31(33)27-11-9-25-21-29(15-13-23(25)19-27)37-17-7-5-3-4-6-8-18-38-30-16-14-24-20-28(32(34)36-2)12-10-26(24)22-30/h9-16,19-22H,3-8,17-18H2,1-2H3. The average Bonchev–Trinajstić information content (AvgIpc) is 2.96. The number of unbranched alkanes of at least 4 members (excludes halogenated alkanes) is 5. The molecule has 0 N–H and O–H groups in total. The van der Waals surface area contributed by atoms with Crippen molar-refractivity contribution >= 4 is 33.5 Å². The van der Waals surface area contributed by atoms with E-state index in [0.717, 1.165) is 58.7 Å².